The molecule has 3 heterocycles. The molecule has 0 saturated heterocycles. The summed E-state index contributed by atoms with van der Waals surface area (Å²) in [7, 11) is 1.46. The highest BCUT2D eigenvalue weighted by Crippen LogP contribution is 2.50. The summed E-state index contributed by atoms with van der Waals surface area (Å²) >= 11 is 0. The smallest absolute Gasteiger partial charge is 0.453 e. The number of rotatable bonds is 3. The van der Waals surface area contributed by atoms with Crippen molar-refractivity contribution >= 4 is 23.8 Å². The lowest BCUT2D eigenvalue weighted by molar-refractivity contribution is 0.0396. The molecule has 6 rings (SSSR count). The highest BCUT2D eigenvalue weighted by atomic mass is 16.6. The third kappa shape index (κ3) is 4.41. The fourth-order valence-corrected chi connectivity index (χ4v) is 7.18. The number of carbonyl (C=O) groups is 2. The minimum Gasteiger partial charge on any atom is -0.465 e. The number of amides is 1. The van der Waals surface area contributed by atoms with Crippen LogP contribution in [0.2, 0.25) is 0 Å². The number of quaternary nitrogens is 1. The summed E-state index contributed by atoms with van der Waals surface area (Å²) < 4.78 is 13.6. The Balaban J connectivity index is 1.60. The van der Waals surface area contributed by atoms with Crippen molar-refractivity contribution in [3.05, 3.63) is 58.4 Å². The Bertz CT molecular complexity index is 1390. The van der Waals surface area contributed by atoms with Gasteiger partial charge in [0, 0.05) is 23.2 Å². The summed E-state index contributed by atoms with van der Waals surface area (Å²) in [4.78, 5) is 26.7. The summed E-state index contributed by atoms with van der Waals surface area (Å²) in [6.45, 7) is 6.92. The van der Waals surface area contributed by atoms with Crippen LogP contribution in [-0.2, 0) is 28.9 Å². The van der Waals surface area contributed by atoms with Gasteiger partial charge < -0.3 is 14.0 Å². The Kier molecular flexibility index (Phi) is 6.45. The second kappa shape index (κ2) is 9.70. The summed E-state index contributed by atoms with van der Waals surface area (Å²) in [6.07, 6.45) is 16.9. The SMILES string of the molecule is COC(=O)c1c2c(n3c1-c1ccc(C4CCCCC4)c4c1[N+](NC(=O)OC(C)(C)C)(C=CC4)CC3)CCC=C2. The van der Waals surface area contributed by atoms with E-state index in [1.165, 1.54) is 50.3 Å². The molecular weight excluding hydrogens is 490 g/mol. The van der Waals surface area contributed by atoms with E-state index >= 15 is 0 Å². The van der Waals surface area contributed by atoms with Crippen LogP contribution < -0.4 is 10.0 Å². The Morgan fingerprint density at radius 3 is 2.64 bits per heavy atom. The van der Waals surface area contributed by atoms with Crippen LogP contribution in [0.3, 0.4) is 0 Å². The molecule has 1 fully saturated rings. The number of hydrogen-bond acceptors (Lipinski definition) is 4. The van der Waals surface area contributed by atoms with Gasteiger partial charge in [-0.1, -0.05) is 37.5 Å². The van der Waals surface area contributed by atoms with Crippen LogP contribution in [0.15, 0.2) is 30.5 Å². The third-order valence-corrected chi connectivity index (χ3v) is 8.70. The van der Waals surface area contributed by atoms with Gasteiger partial charge in [0.1, 0.15) is 18.3 Å². The van der Waals surface area contributed by atoms with Gasteiger partial charge in [-0.2, -0.15) is 10.0 Å². The second-order valence-electron chi connectivity index (χ2n) is 12.3. The number of nitrogens with one attached hydrogen (secondary N) is 1. The monoisotopic (exact) mass is 530 g/mol. The van der Waals surface area contributed by atoms with E-state index in [0.717, 1.165) is 47.5 Å². The molecule has 0 radical (unpaired) electrons. The molecular formula is C32H40N3O4+. The van der Waals surface area contributed by atoms with Crippen molar-refractivity contribution in [3.8, 4) is 11.3 Å². The van der Waals surface area contributed by atoms with Gasteiger partial charge in [-0.15, -0.1) is 0 Å². The molecule has 1 unspecified atom stereocenters. The summed E-state index contributed by atoms with van der Waals surface area (Å²) in [5.74, 6) is 0.198. The van der Waals surface area contributed by atoms with Crippen LogP contribution in [0, 0.1) is 0 Å². The molecule has 1 saturated carbocycles. The van der Waals surface area contributed by atoms with Crippen LogP contribution in [0.4, 0.5) is 10.5 Å². The van der Waals surface area contributed by atoms with Crippen molar-refractivity contribution in [3.63, 3.8) is 0 Å². The average molecular weight is 531 g/mol. The van der Waals surface area contributed by atoms with Crippen LogP contribution >= 0.6 is 0 Å². The van der Waals surface area contributed by atoms with E-state index in [0.29, 0.717) is 24.6 Å². The molecule has 1 amide bonds. The van der Waals surface area contributed by atoms with Gasteiger partial charge in [-0.05, 0) is 70.1 Å². The highest BCUT2D eigenvalue weighted by Gasteiger charge is 2.45. The second-order valence-corrected chi connectivity index (χ2v) is 12.3. The van der Waals surface area contributed by atoms with Crippen LogP contribution in [-0.4, -0.2) is 35.9 Å². The normalized spacial score (nSPS) is 21.8. The largest absolute Gasteiger partial charge is 0.465 e. The maximum atomic E-state index is 13.3. The van der Waals surface area contributed by atoms with Crippen LogP contribution in [0.1, 0.15) is 98.0 Å². The number of hydrogen-bond donors (Lipinski definition) is 1. The van der Waals surface area contributed by atoms with E-state index in [9.17, 15) is 9.59 Å². The van der Waals surface area contributed by atoms with Crippen LogP contribution in [0.5, 0.6) is 0 Å². The standard InChI is InChI=1S/C32H39N3O4/c1-32(2,3)39-31(37)33-35-19-10-14-23-22(21-11-6-5-7-12-21)16-17-25(29(23)35)28-27(30(36)38-4)24-13-8-9-15-26(24)34(28)18-20-35/h8,10,13,16-17,19,21H,5-7,9,11-12,14-15,18,20H2,1-4H3/p+1. The summed E-state index contributed by atoms with van der Waals surface area (Å²) in [5.41, 5.74) is 11.0. The predicted molar refractivity (Wildman–Crippen MR) is 153 cm³/mol. The Morgan fingerprint density at radius 1 is 1.10 bits per heavy atom. The molecule has 206 valence electrons. The van der Waals surface area contributed by atoms with Gasteiger partial charge in [0.15, 0.2) is 5.69 Å². The lowest BCUT2D eigenvalue weighted by Crippen LogP contribution is -2.60. The number of allylic oxidation sites excluding steroid dienone is 2. The molecule has 4 aliphatic rings. The van der Waals surface area contributed by atoms with Gasteiger partial charge in [0.05, 0.1) is 30.5 Å². The Hall–Kier alpha value is -3.32. The topological polar surface area (TPSA) is 69.6 Å². The van der Waals surface area contributed by atoms with E-state index in [2.05, 4.69) is 46.6 Å². The molecule has 2 aromatic rings. The van der Waals surface area contributed by atoms with E-state index in [1.54, 1.807) is 0 Å². The molecule has 1 aromatic carbocycles. The lowest BCUT2D eigenvalue weighted by Gasteiger charge is -2.38. The minimum atomic E-state index is -0.613. The summed E-state index contributed by atoms with van der Waals surface area (Å²) in [6, 6.07) is 4.49. The molecule has 1 aromatic heterocycles. The Labute approximate surface area is 231 Å². The van der Waals surface area contributed by atoms with Gasteiger partial charge in [0.25, 0.3) is 0 Å². The van der Waals surface area contributed by atoms with Crippen molar-refractivity contribution in [2.75, 3.05) is 13.7 Å². The molecule has 2 aliphatic heterocycles. The first kappa shape index (κ1) is 25.9. The number of methoxy groups -OCH3 is 1. The first-order chi connectivity index (χ1) is 18.7. The van der Waals surface area contributed by atoms with Crippen molar-refractivity contribution in [2.45, 2.75) is 90.2 Å². The maximum Gasteiger partial charge on any atom is 0.453 e. The van der Waals surface area contributed by atoms with E-state index in [1.807, 2.05) is 20.8 Å². The van der Waals surface area contributed by atoms with Crippen molar-refractivity contribution in [2.24, 2.45) is 0 Å². The molecule has 7 nitrogen and oxygen atoms in total. The minimum absolute atomic E-state index is 0.174. The number of ether oxygens (including phenoxy) is 2. The van der Waals surface area contributed by atoms with Gasteiger partial charge in [0.2, 0.25) is 0 Å². The van der Waals surface area contributed by atoms with E-state index in [-0.39, 0.29) is 10.6 Å². The van der Waals surface area contributed by atoms with E-state index < -0.39 is 11.7 Å². The molecule has 39 heavy (non-hydrogen) atoms. The molecule has 0 spiro atoms. The number of carbonyl (C=O) groups excluding carboxylic acids is 2. The van der Waals surface area contributed by atoms with Gasteiger partial charge in [-0.25, -0.2) is 9.59 Å². The number of aromatic nitrogens is 1. The van der Waals surface area contributed by atoms with Crippen molar-refractivity contribution in [1.29, 1.82) is 0 Å². The molecule has 0 bridgehead atoms. The molecule has 7 heteroatoms. The molecule has 1 atom stereocenters. The fraction of sp³-hybridized carbons (Fsp3) is 0.500. The zero-order valence-corrected chi connectivity index (χ0v) is 23.6. The molecule has 2 aliphatic carbocycles. The van der Waals surface area contributed by atoms with Crippen molar-refractivity contribution in [1.82, 2.24) is 14.6 Å². The molecule has 1 N–H and O–H groups in total. The predicted octanol–water partition coefficient (Wildman–Crippen LogP) is 6.78. The average Bonchev–Trinajstić information content (AvgIpc) is 3.17. The fourth-order valence-electron chi connectivity index (χ4n) is 7.18. The third-order valence-electron chi connectivity index (χ3n) is 8.70. The first-order valence-electron chi connectivity index (χ1n) is 14.5. The lowest BCUT2D eigenvalue weighted by atomic mass is 9.79. The number of esters is 1. The van der Waals surface area contributed by atoms with E-state index in [4.69, 9.17) is 9.47 Å². The van der Waals surface area contributed by atoms with Gasteiger partial charge in [-0.3, -0.25) is 0 Å². The number of benzene rings is 1. The number of fused-ring (bicyclic) bond motifs is 4. The van der Waals surface area contributed by atoms with Gasteiger partial charge >= 0.3 is 12.1 Å². The van der Waals surface area contributed by atoms with Crippen LogP contribution in [0.25, 0.3) is 17.3 Å². The summed E-state index contributed by atoms with van der Waals surface area (Å²) in [5, 5.41) is 0. The quantitative estimate of drug-likeness (QED) is 0.351. The number of nitrogens with zero attached hydrogens (tertiary/aromatic N) is 2. The Morgan fingerprint density at radius 2 is 1.90 bits per heavy atom. The maximum absolute atomic E-state index is 13.3. The zero-order valence-electron chi connectivity index (χ0n) is 23.6. The van der Waals surface area contributed by atoms with Crippen molar-refractivity contribution < 1.29 is 19.1 Å². The zero-order chi connectivity index (χ0) is 27.4. The highest BCUT2D eigenvalue weighted by molar-refractivity contribution is 6.03. The first-order valence-corrected chi connectivity index (χ1v) is 14.5.